The predicted molar refractivity (Wildman–Crippen MR) is 335 cm³/mol. The number of hydrogen-bond donors (Lipinski definition) is 5. The molecule has 6 N–H and O–H groups in total. The lowest BCUT2D eigenvalue weighted by Crippen LogP contribution is -2.41. The highest BCUT2D eigenvalue weighted by Gasteiger charge is 2.27. The number of rotatable bonds is 27. The number of pyridine rings is 2. The Hall–Kier alpha value is -5.15. The maximum Gasteiger partial charge on any atom is 0.329 e. The summed E-state index contributed by atoms with van der Waals surface area (Å²) in [5.41, 5.74) is 11.5. The van der Waals surface area contributed by atoms with Gasteiger partial charge in [-0.2, -0.15) is 0 Å². The molecule has 0 radical (unpaired) electrons. The SMILES string of the molecule is CCC(C)(C)O.CO[C@H](C)CN(CCCCc1ccc2c(n1)NCCC2)CC[C@H](N)C(=O)OC(C)(C)C.CO[C@H](C)CN(CCCCc1ccc2c(n1)NCCC2)CC[C@H](Nc1ncc(C)cn1)C(=O)OC(C)(C)C.Cc1cnc(Cl)nc1. The van der Waals surface area contributed by atoms with E-state index in [4.69, 9.17) is 51.4 Å². The van der Waals surface area contributed by atoms with Crippen molar-refractivity contribution in [1.82, 2.24) is 39.7 Å². The van der Waals surface area contributed by atoms with Crippen molar-refractivity contribution in [1.29, 1.82) is 0 Å². The fourth-order valence-electron chi connectivity index (χ4n) is 8.51. The molecular weight excluding hydrogens is 1070 g/mol. The van der Waals surface area contributed by atoms with E-state index >= 15 is 0 Å². The molecule has 0 aromatic carbocycles. The van der Waals surface area contributed by atoms with E-state index in [-0.39, 0.29) is 24.1 Å². The summed E-state index contributed by atoms with van der Waals surface area (Å²) in [6, 6.07) is 7.61. The quantitative estimate of drug-likeness (QED) is 0.0212. The number of aryl methyl sites for hydroxylation is 6. The summed E-state index contributed by atoms with van der Waals surface area (Å²) in [5, 5.41) is 19.2. The molecule has 4 atom stereocenters. The first-order chi connectivity index (χ1) is 39.1. The summed E-state index contributed by atoms with van der Waals surface area (Å²) in [4.78, 5) is 55.6. The molecule has 0 saturated carbocycles. The number of ether oxygens (including phenoxy) is 4. The number of unbranched alkanes of at least 4 members (excludes halogenated alkanes) is 2. The number of esters is 2. The number of halogens is 1. The molecule has 0 spiro atoms. The molecule has 0 saturated heterocycles. The van der Waals surface area contributed by atoms with Crippen LogP contribution in [0, 0.1) is 13.8 Å². The van der Waals surface area contributed by atoms with Gasteiger partial charge in [0, 0.05) is 89.7 Å². The van der Waals surface area contributed by atoms with Crippen LogP contribution in [-0.2, 0) is 54.2 Å². The highest BCUT2D eigenvalue weighted by Crippen LogP contribution is 2.23. The van der Waals surface area contributed by atoms with Crippen molar-refractivity contribution >= 4 is 41.1 Å². The Bertz CT molecular complexity index is 2430. The van der Waals surface area contributed by atoms with Gasteiger partial charge < -0.3 is 55.5 Å². The molecule has 0 unspecified atom stereocenters. The Balaban J connectivity index is 0.000000356. The van der Waals surface area contributed by atoms with E-state index in [9.17, 15) is 9.59 Å². The molecule has 83 heavy (non-hydrogen) atoms. The first-order valence-electron chi connectivity index (χ1n) is 30.0. The zero-order valence-electron chi connectivity index (χ0n) is 53.2. The van der Waals surface area contributed by atoms with Crippen LogP contribution >= 0.6 is 11.6 Å². The van der Waals surface area contributed by atoms with E-state index in [1.165, 1.54) is 24.0 Å². The first kappa shape index (κ1) is 72.1. The van der Waals surface area contributed by atoms with Crippen LogP contribution in [-0.4, -0.2) is 164 Å². The van der Waals surface area contributed by atoms with Gasteiger partial charge in [0.05, 0.1) is 17.8 Å². The molecule has 0 bridgehead atoms. The summed E-state index contributed by atoms with van der Waals surface area (Å²) in [6.45, 7) is 31.7. The highest BCUT2D eigenvalue weighted by atomic mass is 35.5. The molecule has 0 amide bonds. The van der Waals surface area contributed by atoms with Crippen LogP contribution in [0.1, 0.15) is 168 Å². The third kappa shape index (κ3) is 32.1. The number of nitrogens with one attached hydrogen (secondary N) is 3. The minimum absolute atomic E-state index is 0.0942. The van der Waals surface area contributed by atoms with Gasteiger partial charge in [-0.15, -0.1) is 0 Å². The molecule has 6 rings (SSSR count). The number of aromatic nitrogens is 6. The van der Waals surface area contributed by atoms with Gasteiger partial charge in [-0.1, -0.05) is 19.1 Å². The topological polar surface area (TPSA) is 237 Å². The predicted octanol–water partition coefficient (Wildman–Crippen LogP) is 10.2. The van der Waals surface area contributed by atoms with E-state index in [2.05, 4.69) is 83.8 Å². The maximum atomic E-state index is 13.0. The second-order valence-electron chi connectivity index (χ2n) is 24.5. The Morgan fingerprint density at radius 3 is 1.51 bits per heavy atom. The normalized spacial score (nSPS) is 14.5. The zero-order chi connectivity index (χ0) is 61.6. The summed E-state index contributed by atoms with van der Waals surface area (Å²) in [7, 11) is 3.46. The van der Waals surface area contributed by atoms with Crippen LogP contribution in [0.5, 0.6) is 0 Å². The van der Waals surface area contributed by atoms with Crippen molar-refractivity contribution in [3.05, 3.63) is 88.0 Å². The fraction of sp³-hybridized carbons (Fsp3) is 0.683. The third-order valence-corrected chi connectivity index (χ3v) is 13.8. The van der Waals surface area contributed by atoms with Crippen LogP contribution in [0.25, 0.3) is 0 Å². The lowest BCUT2D eigenvalue weighted by Gasteiger charge is -2.28. The molecule has 0 aliphatic carbocycles. The lowest BCUT2D eigenvalue weighted by atomic mass is 10.1. The summed E-state index contributed by atoms with van der Waals surface area (Å²) < 4.78 is 22.1. The molecule has 2 aliphatic heterocycles. The van der Waals surface area contributed by atoms with Crippen molar-refractivity contribution in [3.63, 3.8) is 0 Å². The number of carbonyl (C=O) groups excluding carboxylic acids is 2. The minimum atomic E-state index is -0.605. The Morgan fingerprint density at radius 2 is 1.10 bits per heavy atom. The largest absolute Gasteiger partial charge is 0.459 e. The molecule has 4 aromatic rings. The molecule has 19 nitrogen and oxygen atoms in total. The number of methoxy groups -OCH3 is 2. The third-order valence-electron chi connectivity index (χ3n) is 13.6. The molecular formula is C63H105ClN12O7. The lowest BCUT2D eigenvalue weighted by molar-refractivity contribution is -0.157. The Labute approximate surface area is 503 Å². The average Bonchev–Trinajstić information content (AvgIpc) is 3.47. The van der Waals surface area contributed by atoms with Crippen molar-refractivity contribution in [3.8, 4) is 0 Å². The minimum Gasteiger partial charge on any atom is -0.459 e. The van der Waals surface area contributed by atoms with Gasteiger partial charge in [0.15, 0.2) is 0 Å². The van der Waals surface area contributed by atoms with Gasteiger partial charge in [-0.3, -0.25) is 4.79 Å². The molecule has 0 fully saturated rings. The summed E-state index contributed by atoms with van der Waals surface area (Å²) in [6.07, 6.45) is 19.7. The summed E-state index contributed by atoms with van der Waals surface area (Å²) >= 11 is 5.39. The van der Waals surface area contributed by atoms with Crippen molar-refractivity contribution < 1.29 is 33.6 Å². The number of nitrogens with zero attached hydrogens (tertiary/aromatic N) is 8. The van der Waals surface area contributed by atoms with Crippen molar-refractivity contribution in [2.45, 2.75) is 215 Å². The number of anilines is 3. The Morgan fingerprint density at radius 1 is 0.675 bits per heavy atom. The molecule has 2 aliphatic rings. The van der Waals surface area contributed by atoms with Crippen LogP contribution in [0.4, 0.5) is 17.6 Å². The molecule has 4 aromatic heterocycles. The second-order valence-corrected chi connectivity index (χ2v) is 24.9. The van der Waals surface area contributed by atoms with Crippen LogP contribution in [0.2, 0.25) is 5.28 Å². The second kappa shape index (κ2) is 37.3. The van der Waals surface area contributed by atoms with Crippen LogP contribution < -0.4 is 21.7 Å². The van der Waals surface area contributed by atoms with Crippen LogP contribution in [0.3, 0.4) is 0 Å². The number of fused-ring (bicyclic) bond motifs is 2. The van der Waals surface area contributed by atoms with Crippen molar-refractivity contribution in [2.75, 3.05) is 82.5 Å². The van der Waals surface area contributed by atoms with E-state index in [0.717, 1.165) is 144 Å². The van der Waals surface area contributed by atoms with Gasteiger partial charge >= 0.3 is 11.9 Å². The number of hydrogen-bond acceptors (Lipinski definition) is 19. The van der Waals surface area contributed by atoms with Gasteiger partial charge in [0.25, 0.3) is 0 Å². The van der Waals surface area contributed by atoms with Gasteiger partial charge in [-0.05, 0) is 226 Å². The van der Waals surface area contributed by atoms with E-state index < -0.39 is 28.9 Å². The maximum absolute atomic E-state index is 13.0. The monoisotopic (exact) mass is 1180 g/mol. The van der Waals surface area contributed by atoms with Crippen LogP contribution in [0.15, 0.2) is 49.1 Å². The van der Waals surface area contributed by atoms with Gasteiger partial charge in [0.1, 0.15) is 34.9 Å². The first-order valence-corrected chi connectivity index (χ1v) is 30.4. The molecule has 20 heteroatoms. The highest BCUT2D eigenvalue weighted by molar-refractivity contribution is 6.28. The fourth-order valence-corrected chi connectivity index (χ4v) is 8.61. The van der Waals surface area contributed by atoms with E-state index in [0.29, 0.717) is 24.1 Å². The number of aliphatic hydroxyl groups is 1. The van der Waals surface area contributed by atoms with Crippen molar-refractivity contribution in [2.24, 2.45) is 5.73 Å². The number of carbonyl (C=O) groups is 2. The Kier molecular flexibility index (Phi) is 32.4. The zero-order valence-corrected chi connectivity index (χ0v) is 54.0. The molecule has 6 heterocycles. The van der Waals surface area contributed by atoms with Gasteiger partial charge in [0.2, 0.25) is 11.2 Å². The van der Waals surface area contributed by atoms with Gasteiger partial charge in [-0.25, -0.2) is 34.7 Å². The smallest absolute Gasteiger partial charge is 0.329 e. The number of nitrogens with two attached hydrogens (primary N) is 1. The molecule has 466 valence electrons. The summed E-state index contributed by atoms with van der Waals surface area (Å²) in [5.74, 6) is 1.92. The van der Waals surface area contributed by atoms with E-state index in [1.807, 2.05) is 62.3 Å². The average molecular weight is 1180 g/mol. The standard InChI is InChI=1S/C29H46N6O3.C24H42N4O3.C5H5ClN2.C5H12O/c1-21-18-31-28(32-19-21)34-25(27(36)38-29(3,4)5)14-17-35(20-22(2)37-6)16-8-7-11-24-13-12-23-10-9-15-30-26(23)33-24;1-18(30-5)17-28(16-13-21(25)23(29)31-24(2,3)4)15-7-6-10-20-12-11-19-9-8-14-26-22(19)27-20;1-4-2-7-5(6)8-3-4;1-4-5(2,3)6/h12-13,18-19,22,25H,7-11,14-17,20H2,1-6H3,(H,30,33)(H,31,32,34);11-12,18,21H,6-10,13-17,25H2,1-5H3,(H,26,27);2-3H,1H3;6H,4H2,1-3H3/t22-,25+;18-,21+;;/m11../s1. The van der Waals surface area contributed by atoms with E-state index in [1.54, 1.807) is 52.9 Å².